The van der Waals surface area contributed by atoms with Crippen LogP contribution in [0.5, 0.6) is 0 Å². The molecular formula is C52H34N2O. The minimum atomic E-state index is 0.876. The first-order valence-electron chi connectivity index (χ1n) is 18.8. The van der Waals surface area contributed by atoms with Gasteiger partial charge in [0.25, 0.3) is 0 Å². The van der Waals surface area contributed by atoms with Crippen LogP contribution in [0.2, 0.25) is 0 Å². The largest absolute Gasteiger partial charge is 0.456 e. The maximum atomic E-state index is 6.34. The molecule has 0 spiro atoms. The smallest absolute Gasteiger partial charge is 0.137 e. The third kappa shape index (κ3) is 5.20. The Bertz CT molecular complexity index is 3150. The van der Waals surface area contributed by atoms with Crippen molar-refractivity contribution in [1.82, 2.24) is 4.57 Å². The van der Waals surface area contributed by atoms with Gasteiger partial charge in [0.05, 0.1) is 16.7 Å². The lowest BCUT2D eigenvalue weighted by atomic mass is 9.98. The lowest BCUT2D eigenvalue weighted by Gasteiger charge is -2.26. The molecule has 0 radical (unpaired) electrons. The summed E-state index contributed by atoms with van der Waals surface area (Å²) >= 11 is 0. The lowest BCUT2D eigenvalue weighted by Crippen LogP contribution is -2.09. The van der Waals surface area contributed by atoms with Crippen LogP contribution in [0.1, 0.15) is 0 Å². The maximum Gasteiger partial charge on any atom is 0.137 e. The van der Waals surface area contributed by atoms with Gasteiger partial charge in [0.2, 0.25) is 0 Å². The van der Waals surface area contributed by atoms with Gasteiger partial charge in [-0.25, -0.2) is 0 Å². The number of hydrogen-bond donors (Lipinski definition) is 0. The average molecular weight is 703 g/mol. The van der Waals surface area contributed by atoms with E-state index in [1.165, 1.54) is 55.0 Å². The Hall–Kier alpha value is -7.36. The quantitative estimate of drug-likeness (QED) is 0.172. The molecule has 0 unspecified atom stereocenters. The minimum absolute atomic E-state index is 0.876. The van der Waals surface area contributed by atoms with Gasteiger partial charge in [-0.1, -0.05) is 140 Å². The summed E-state index contributed by atoms with van der Waals surface area (Å²) in [5.74, 6) is 0. The second-order valence-corrected chi connectivity index (χ2v) is 14.2. The van der Waals surface area contributed by atoms with Gasteiger partial charge in [-0.05, 0) is 88.1 Å². The Kier molecular flexibility index (Phi) is 7.17. The van der Waals surface area contributed by atoms with Crippen LogP contribution >= 0.6 is 0 Å². The van der Waals surface area contributed by atoms with Gasteiger partial charge < -0.3 is 13.9 Å². The summed E-state index contributed by atoms with van der Waals surface area (Å²) in [6.45, 7) is 0. The highest BCUT2D eigenvalue weighted by molar-refractivity contribution is 6.10. The van der Waals surface area contributed by atoms with E-state index in [0.29, 0.717) is 0 Å². The van der Waals surface area contributed by atoms with Crippen molar-refractivity contribution in [2.24, 2.45) is 0 Å². The van der Waals surface area contributed by atoms with Crippen molar-refractivity contribution in [2.45, 2.75) is 0 Å². The highest BCUT2D eigenvalue weighted by atomic mass is 16.3. The van der Waals surface area contributed by atoms with E-state index in [-0.39, 0.29) is 0 Å². The molecule has 11 aromatic rings. The molecule has 3 heteroatoms. The van der Waals surface area contributed by atoms with Gasteiger partial charge in [0.1, 0.15) is 11.2 Å². The van der Waals surface area contributed by atoms with Gasteiger partial charge in [-0.15, -0.1) is 0 Å². The molecule has 9 aromatic carbocycles. The van der Waals surface area contributed by atoms with E-state index in [2.05, 4.69) is 204 Å². The molecule has 258 valence electrons. The number of furan rings is 1. The van der Waals surface area contributed by atoms with Gasteiger partial charge in [-0.3, -0.25) is 0 Å². The third-order valence-electron chi connectivity index (χ3n) is 11.0. The zero-order valence-electron chi connectivity index (χ0n) is 29.9. The molecule has 0 fully saturated rings. The predicted molar refractivity (Wildman–Crippen MR) is 231 cm³/mol. The molecule has 0 saturated carbocycles. The number of benzene rings is 9. The van der Waals surface area contributed by atoms with Gasteiger partial charge in [0.15, 0.2) is 0 Å². The van der Waals surface area contributed by atoms with E-state index in [4.69, 9.17) is 4.42 Å². The number of hydrogen-bond acceptors (Lipinski definition) is 2. The zero-order valence-corrected chi connectivity index (χ0v) is 29.9. The first-order chi connectivity index (χ1) is 27.3. The normalized spacial score (nSPS) is 11.6. The van der Waals surface area contributed by atoms with Crippen molar-refractivity contribution >= 4 is 71.6 Å². The number of aromatic nitrogens is 1. The fourth-order valence-electron chi connectivity index (χ4n) is 8.36. The van der Waals surface area contributed by atoms with E-state index in [0.717, 1.165) is 44.6 Å². The second kappa shape index (κ2) is 12.6. The van der Waals surface area contributed by atoms with Crippen LogP contribution in [0, 0.1) is 0 Å². The van der Waals surface area contributed by atoms with Crippen molar-refractivity contribution in [1.29, 1.82) is 0 Å². The minimum Gasteiger partial charge on any atom is -0.456 e. The van der Waals surface area contributed by atoms with Crippen LogP contribution < -0.4 is 4.90 Å². The molecule has 0 bridgehead atoms. The van der Waals surface area contributed by atoms with E-state index >= 15 is 0 Å². The van der Waals surface area contributed by atoms with E-state index < -0.39 is 0 Å². The summed E-state index contributed by atoms with van der Waals surface area (Å²) in [7, 11) is 0. The van der Waals surface area contributed by atoms with Crippen LogP contribution in [0.25, 0.3) is 82.5 Å². The first kappa shape index (κ1) is 31.2. The maximum absolute atomic E-state index is 6.34. The standard InChI is InChI=1S/C52H34N2O/c1-2-12-39-33-41(30-27-35(39)11-1)53(42-31-32-47-46-16-6-10-20-51(46)55-52(47)34-42)40-28-25-37(26-29-40)36-21-23-38(24-22-36)43-13-3-7-17-48(43)54-49-18-8-4-14-44(49)45-15-5-9-19-50(45)54/h1-34H. The highest BCUT2D eigenvalue weighted by Gasteiger charge is 2.18. The number of rotatable bonds is 6. The van der Waals surface area contributed by atoms with Crippen LogP contribution in [-0.2, 0) is 0 Å². The Labute approximate surface area is 318 Å². The molecule has 0 aliphatic carbocycles. The molecule has 0 amide bonds. The van der Waals surface area contributed by atoms with Crippen molar-refractivity contribution in [3.05, 3.63) is 206 Å². The molecule has 2 heterocycles. The number of nitrogens with zero attached hydrogens (tertiary/aromatic N) is 2. The Morgan fingerprint density at radius 1 is 0.345 bits per heavy atom. The second-order valence-electron chi connectivity index (χ2n) is 14.2. The molecule has 3 nitrogen and oxygen atoms in total. The Morgan fingerprint density at radius 2 is 0.873 bits per heavy atom. The molecule has 0 aliphatic heterocycles. The monoisotopic (exact) mass is 702 g/mol. The zero-order chi connectivity index (χ0) is 36.3. The van der Waals surface area contributed by atoms with E-state index in [1.807, 2.05) is 12.1 Å². The molecule has 2 aromatic heterocycles. The first-order valence-corrected chi connectivity index (χ1v) is 18.8. The molecular weight excluding hydrogens is 669 g/mol. The fraction of sp³-hybridized carbons (Fsp3) is 0. The van der Waals surface area contributed by atoms with Crippen molar-refractivity contribution in [3.63, 3.8) is 0 Å². The molecule has 11 rings (SSSR count). The van der Waals surface area contributed by atoms with E-state index in [9.17, 15) is 0 Å². The third-order valence-corrected chi connectivity index (χ3v) is 11.0. The Balaban J connectivity index is 0.964. The summed E-state index contributed by atoms with van der Waals surface area (Å²) < 4.78 is 8.74. The summed E-state index contributed by atoms with van der Waals surface area (Å²) in [6.07, 6.45) is 0. The summed E-state index contributed by atoms with van der Waals surface area (Å²) in [5, 5.41) is 7.20. The van der Waals surface area contributed by atoms with Crippen molar-refractivity contribution < 1.29 is 4.42 Å². The molecule has 0 saturated heterocycles. The predicted octanol–water partition coefficient (Wildman–Crippen LogP) is 14.6. The number of fused-ring (bicyclic) bond motifs is 7. The lowest BCUT2D eigenvalue weighted by molar-refractivity contribution is 0.669. The molecule has 55 heavy (non-hydrogen) atoms. The number of anilines is 3. The molecule has 0 N–H and O–H groups in total. The van der Waals surface area contributed by atoms with E-state index in [1.54, 1.807) is 0 Å². The van der Waals surface area contributed by atoms with Crippen LogP contribution in [0.4, 0.5) is 17.1 Å². The average Bonchev–Trinajstić information content (AvgIpc) is 3.79. The number of para-hydroxylation sites is 4. The molecule has 0 aliphatic rings. The molecule has 0 atom stereocenters. The summed E-state index contributed by atoms with van der Waals surface area (Å²) in [6, 6.07) is 73.9. The SMILES string of the molecule is c1ccc(-n2c3ccccc3c3ccccc32)c(-c2ccc(-c3ccc(N(c4ccc5ccccc5c4)c4ccc5c(c4)oc4ccccc45)cc3)cc2)c1. The van der Waals surface area contributed by atoms with Crippen LogP contribution in [0.15, 0.2) is 211 Å². The van der Waals surface area contributed by atoms with Gasteiger partial charge in [0, 0.05) is 50.2 Å². The highest BCUT2D eigenvalue weighted by Crippen LogP contribution is 2.41. The van der Waals surface area contributed by atoms with Crippen LogP contribution in [-0.4, -0.2) is 4.57 Å². The van der Waals surface area contributed by atoms with Gasteiger partial charge in [-0.2, -0.15) is 0 Å². The topological polar surface area (TPSA) is 21.3 Å². The summed E-state index contributed by atoms with van der Waals surface area (Å²) in [5.41, 5.74) is 13.3. The van der Waals surface area contributed by atoms with Crippen molar-refractivity contribution in [3.8, 4) is 27.9 Å². The van der Waals surface area contributed by atoms with Crippen molar-refractivity contribution in [2.75, 3.05) is 4.90 Å². The fourth-order valence-corrected chi connectivity index (χ4v) is 8.36. The van der Waals surface area contributed by atoms with Gasteiger partial charge >= 0.3 is 0 Å². The summed E-state index contributed by atoms with van der Waals surface area (Å²) in [4.78, 5) is 2.32. The Morgan fingerprint density at radius 3 is 1.64 bits per heavy atom. The van der Waals surface area contributed by atoms with Crippen LogP contribution in [0.3, 0.4) is 0 Å².